The maximum Gasteiger partial charge on any atom is 0.200 e. The molecule has 0 saturated carbocycles. The smallest absolute Gasteiger partial charge is 0.200 e. The Morgan fingerprint density at radius 2 is 1.59 bits per heavy atom. The normalized spacial score (nSPS) is 11.4. The molecule has 0 N–H and O–H groups in total. The lowest BCUT2D eigenvalue weighted by Gasteiger charge is -2.09. The van der Waals surface area contributed by atoms with Crippen molar-refractivity contribution in [2.24, 2.45) is 0 Å². The Morgan fingerprint density at radius 1 is 0.926 bits per heavy atom. The summed E-state index contributed by atoms with van der Waals surface area (Å²) in [5, 5.41) is 1.11. The molecule has 5 heteroatoms. The maximum atomic E-state index is 13.1. The number of carbonyl (C=O) groups excluding carboxylic acids is 1. The Labute approximate surface area is 181 Å². The van der Waals surface area contributed by atoms with E-state index in [9.17, 15) is 4.79 Å². The fourth-order valence-electron chi connectivity index (χ4n) is 2.40. The van der Waals surface area contributed by atoms with Gasteiger partial charge in [-0.25, -0.2) is 0 Å². The molecule has 0 spiro atoms. The molecular weight excluding hydrogens is 463 g/mol. The molecule has 0 atom stereocenters. The molecule has 0 amide bonds. The molecule has 27 heavy (non-hydrogen) atoms. The molecule has 3 aromatic carbocycles. The van der Waals surface area contributed by atoms with E-state index in [1.165, 1.54) is 11.8 Å². The number of ketones is 1. The second-order valence-corrected chi connectivity index (χ2v) is 8.56. The predicted molar refractivity (Wildman–Crippen MR) is 121 cm³/mol. The van der Waals surface area contributed by atoms with Crippen molar-refractivity contribution in [3.63, 3.8) is 0 Å². The van der Waals surface area contributed by atoms with Crippen LogP contribution in [0.5, 0.6) is 0 Å². The third-order valence-corrected chi connectivity index (χ3v) is 6.02. The van der Waals surface area contributed by atoms with Gasteiger partial charge in [0.05, 0.1) is 9.93 Å². The van der Waals surface area contributed by atoms with E-state index in [0.717, 1.165) is 15.6 Å². The van der Waals surface area contributed by atoms with Crippen LogP contribution in [0.1, 0.15) is 21.5 Å². The summed E-state index contributed by atoms with van der Waals surface area (Å²) >= 11 is 17.1. The fourth-order valence-corrected chi connectivity index (χ4v) is 3.99. The Balaban J connectivity index is 1.90. The third kappa shape index (κ3) is 5.73. The summed E-state index contributed by atoms with van der Waals surface area (Å²) in [7, 11) is 0. The minimum absolute atomic E-state index is 0.0855. The Bertz CT molecular complexity index is 966. The first kappa shape index (κ1) is 20.2. The van der Waals surface area contributed by atoms with Crippen molar-refractivity contribution in [2.75, 3.05) is 0 Å². The average Bonchev–Trinajstić information content (AvgIpc) is 2.68. The Kier molecular flexibility index (Phi) is 7.20. The lowest BCUT2D eigenvalue weighted by atomic mass is 10.1. The molecule has 0 aromatic heterocycles. The van der Waals surface area contributed by atoms with E-state index < -0.39 is 0 Å². The Morgan fingerprint density at radius 3 is 2.26 bits per heavy atom. The largest absolute Gasteiger partial charge is 0.288 e. The van der Waals surface area contributed by atoms with Crippen molar-refractivity contribution in [3.8, 4) is 0 Å². The van der Waals surface area contributed by atoms with Crippen LogP contribution in [0.3, 0.4) is 0 Å². The highest BCUT2D eigenvalue weighted by Gasteiger charge is 2.16. The molecule has 0 saturated heterocycles. The van der Waals surface area contributed by atoms with Crippen molar-refractivity contribution in [2.45, 2.75) is 5.75 Å². The zero-order valence-corrected chi connectivity index (χ0v) is 18.1. The first-order valence-corrected chi connectivity index (χ1v) is 10.7. The van der Waals surface area contributed by atoms with Gasteiger partial charge in [-0.1, -0.05) is 75.5 Å². The van der Waals surface area contributed by atoms with E-state index in [2.05, 4.69) is 15.9 Å². The van der Waals surface area contributed by atoms with Gasteiger partial charge in [0.1, 0.15) is 0 Å². The second-order valence-electron chi connectivity index (χ2n) is 5.78. The van der Waals surface area contributed by atoms with Crippen molar-refractivity contribution in [1.82, 2.24) is 0 Å². The molecule has 3 aromatic rings. The Hall–Kier alpha value is -1.52. The van der Waals surface area contributed by atoms with Crippen LogP contribution in [0.2, 0.25) is 10.0 Å². The number of hydrogen-bond acceptors (Lipinski definition) is 2. The van der Waals surface area contributed by atoms with Gasteiger partial charge in [0.2, 0.25) is 5.78 Å². The molecule has 136 valence electrons. The number of benzene rings is 3. The monoisotopic (exact) mass is 476 g/mol. The van der Waals surface area contributed by atoms with Crippen LogP contribution in [0.15, 0.2) is 82.2 Å². The molecule has 3 rings (SSSR count). The first-order valence-electron chi connectivity index (χ1n) is 8.16. The van der Waals surface area contributed by atoms with Gasteiger partial charge in [-0.2, -0.15) is 0 Å². The average molecular weight is 478 g/mol. The summed E-state index contributed by atoms with van der Waals surface area (Å²) in [4.78, 5) is 13.7. The van der Waals surface area contributed by atoms with Crippen molar-refractivity contribution in [3.05, 3.63) is 109 Å². The van der Waals surface area contributed by atoms with E-state index in [1.54, 1.807) is 12.1 Å². The summed E-state index contributed by atoms with van der Waals surface area (Å²) in [6.07, 6.45) is 1.88. The number of thioether (sulfide) groups is 1. The highest BCUT2D eigenvalue weighted by Crippen LogP contribution is 2.30. The van der Waals surface area contributed by atoms with Crippen LogP contribution in [-0.4, -0.2) is 5.78 Å². The van der Waals surface area contributed by atoms with Crippen LogP contribution in [-0.2, 0) is 5.75 Å². The van der Waals surface area contributed by atoms with Gasteiger partial charge in [-0.15, -0.1) is 11.8 Å². The molecule has 0 unspecified atom stereocenters. The van der Waals surface area contributed by atoms with Crippen LogP contribution in [0, 0.1) is 0 Å². The molecule has 0 heterocycles. The summed E-state index contributed by atoms with van der Waals surface area (Å²) in [6, 6.07) is 22.6. The van der Waals surface area contributed by atoms with Crippen molar-refractivity contribution >= 4 is 62.8 Å². The van der Waals surface area contributed by atoms with Crippen molar-refractivity contribution in [1.29, 1.82) is 0 Å². The van der Waals surface area contributed by atoms with Gasteiger partial charge in [-0.3, -0.25) is 4.79 Å². The standard InChI is InChI=1S/C22H15BrCl2OS/c23-17-9-5-16(6-10-17)14-27-21(13-15-7-11-18(24)12-8-15)22(26)19-3-1-2-4-20(19)25/h1-13H,14H2. The fraction of sp³-hybridized carbons (Fsp3) is 0.0455. The highest BCUT2D eigenvalue weighted by molar-refractivity contribution is 9.10. The zero-order valence-electron chi connectivity index (χ0n) is 14.2. The van der Waals surface area contributed by atoms with Crippen LogP contribution >= 0.6 is 50.9 Å². The summed E-state index contributed by atoms with van der Waals surface area (Å²) in [5.74, 6) is 0.598. The SMILES string of the molecule is O=C(C(=Cc1ccc(Cl)cc1)SCc1ccc(Br)cc1)c1ccccc1Cl. The second kappa shape index (κ2) is 9.61. The van der Waals surface area contributed by atoms with Crippen LogP contribution in [0.25, 0.3) is 6.08 Å². The third-order valence-electron chi connectivity index (χ3n) is 3.82. The van der Waals surface area contributed by atoms with E-state index in [-0.39, 0.29) is 5.78 Å². The van der Waals surface area contributed by atoms with Gasteiger partial charge in [0, 0.05) is 20.8 Å². The number of carbonyl (C=O) groups is 1. The van der Waals surface area contributed by atoms with E-state index in [1.807, 2.05) is 66.7 Å². The topological polar surface area (TPSA) is 17.1 Å². The van der Waals surface area contributed by atoms with E-state index >= 15 is 0 Å². The molecule has 0 radical (unpaired) electrons. The molecular formula is C22H15BrCl2OS. The van der Waals surface area contributed by atoms with E-state index in [0.29, 0.717) is 26.3 Å². The molecule has 0 aliphatic carbocycles. The van der Waals surface area contributed by atoms with Crippen LogP contribution in [0.4, 0.5) is 0 Å². The summed E-state index contributed by atoms with van der Waals surface area (Å²) in [6.45, 7) is 0. The number of rotatable bonds is 6. The molecule has 0 aliphatic rings. The number of hydrogen-bond donors (Lipinski definition) is 0. The molecule has 0 aliphatic heterocycles. The molecule has 1 nitrogen and oxygen atoms in total. The lowest BCUT2D eigenvalue weighted by molar-refractivity contribution is 0.104. The molecule has 0 fully saturated rings. The summed E-state index contributed by atoms with van der Waals surface area (Å²) < 4.78 is 1.03. The van der Waals surface area contributed by atoms with Crippen molar-refractivity contribution < 1.29 is 4.79 Å². The predicted octanol–water partition coefficient (Wildman–Crippen LogP) is 7.91. The zero-order chi connectivity index (χ0) is 19.2. The minimum Gasteiger partial charge on any atom is -0.288 e. The summed E-state index contributed by atoms with van der Waals surface area (Å²) in [5.41, 5.74) is 2.55. The number of allylic oxidation sites excluding steroid dienone is 1. The van der Waals surface area contributed by atoms with Gasteiger partial charge in [-0.05, 0) is 53.6 Å². The quantitative estimate of drug-likeness (QED) is 0.265. The lowest BCUT2D eigenvalue weighted by Crippen LogP contribution is -2.02. The molecule has 0 bridgehead atoms. The van der Waals surface area contributed by atoms with Gasteiger partial charge < -0.3 is 0 Å². The van der Waals surface area contributed by atoms with Crippen LogP contribution < -0.4 is 0 Å². The number of Topliss-reactive ketones (excluding diaryl/α,β-unsaturated/α-hetero) is 1. The van der Waals surface area contributed by atoms with Gasteiger partial charge >= 0.3 is 0 Å². The minimum atomic E-state index is -0.0855. The van der Waals surface area contributed by atoms with Gasteiger partial charge in [0.15, 0.2) is 0 Å². The van der Waals surface area contributed by atoms with Gasteiger partial charge in [0.25, 0.3) is 0 Å². The number of halogens is 3. The highest BCUT2D eigenvalue weighted by atomic mass is 79.9. The first-order chi connectivity index (χ1) is 13.0. The van der Waals surface area contributed by atoms with E-state index in [4.69, 9.17) is 23.2 Å². The maximum absolute atomic E-state index is 13.1.